The number of hydrogen-bond donors (Lipinski definition) is 3. The predicted molar refractivity (Wildman–Crippen MR) is 104 cm³/mol. The fourth-order valence-electron chi connectivity index (χ4n) is 2.54. The molecular formula is C19H17BrF4N2O4. The number of benzene rings is 2. The number of carbonyl (C=O) groups excluding carboxylic acids is 1. The Morgan fingerprint density at radius 1 is 1.23 bits per heavy atom. The third-order valence-corrected chi connectivity index (χ3v) is 4.60. The molecule has 0 aliphatic rings. The molecule has 0 aliphatic carbocycles. The van der Waals surface area contributed by atoms with Gasteiger partial charge in [0.25, 0.3) is 0 Å². The zero-order valence-electron chi connectivity index (χ0n) is 15.5. The summed E-state index contributed by atoms with van der Waals surface area (Å²) in [5.41, 5.74) is -0.236. The van der Waals surface area contributed by atoms with Crippen LogP contribution in [0.4, 0.5) is 28.0 Å². The zero-order chi connectivity index (χ0) is 22.5. The first-order chi connectivity index (χ1) is 14.0. The Kier molecular flexibility index (Phi) is 7.65. The van der Waals surface area contributed by atoms with Gasteiger partial charge in [-0.05, 0) is 25.0 Å². The minimum absolute atomic E-state index is 0.0854. The molecule has 2 aromatic rings. The van der Waals surface area contributed by atoms with Gasteiger partial charge in [0, 0.05) is 16.1 Å². The molecule has 2 aromatic carbocycles. The van der Waals surface area contributed by atoms with Gasteiger partial charge in [-0.1, -0.05) is 46.3 Å². The molecule has 1 unspecified atom stereocenters. The zero-order valence-corrected chi connectivity index (χ0v) is 17.1. The number of anilines is 1. The van der Waals surface area contributed by atoms with Gasteiger partial charge < -0.3 is 20.5 Å². The van der Waals surface area contributed by atoms with Gasteiger partial charge in [0.05, 0.1) is 0 Å². The highest BCUT2D eigenvalue weighted by Gasteiger charge is 2.40. The standard InChI is InChI=1S/C19H17BrF4N2O4/c1-10(25-18(28)29)7-12-13(20)8-14(30-9-11-5-3-2-4-6-11)16(15(12)21)26-17(27)19(22,23)24/h2-6,8,10,25H,7,9H2,1H3,(H,26,27)(H,28,29). The molecule has 30 heavy (non-hydrogen) atoms. The number of carboxylic acid groups (broad SMARTS) is 1. The highest BCUT2D eigenvalue weighted by molar-refractivity contribution is 9.10. The second kappa shape index (κ2) is 9.79. The van der Waals surface area contributed by atoms with Gasteiger partial charge >= 0.3 is 18.2 Å². The maximum absolute atomic E-state index is 15.1. The molecule has 0 radical (unpaired) electrons. The Balaban J connectivity index is 2.41. The molecule has 0 heterocycles. The van der Waals surface area contributed by atoms with Crippen LogP contribution in [0.2, 0.25) is 0 Å². The van der Waals surface area contributed by atoms with Crippen molar-refractivity contribution in [3.63, 3.8) is 0 Å². The van der Waals surface area contributed by atoms with Crippen LogP contribution in [0.15, 0.2) is 40.9 Å². The molecule has 2 amide bonds. The molecule has 0 aliphatic heterocycles. The highest BCUT2D eigenvalue weighted by Crippen LogP contribution is 2.37. The van der Waals surface area contributed by atoms with E-state index in [-0.39, 0.29) is 28.8 Å². The quantitative estimate of drug-likeness (QED) is 0.481. The van der Waals surface area contributed by atoms with E-state index in [9.17, 15) is 22.8 Å². The molecule has 0 saturated heterocycles. The van der Waals surface area contributed by atoms with Crippen molar-refractivity contribution in [2.75, 3.05) is 5.32 Å². The van der Waals surface area contributed by atoms with Gasteiger partial charge in [-0.25, -0.2) is 9.18 Å². The second-order valence-corrected chi connectivity index (χ2v) is 7.16. The summed E-state index contributed by atoms with van der Waals surface area (Å²) in [7, 11) is 0. The minimum atomic E-state index is -5.24. The van der Waals surface area contributed by atoms with Gasteiger partial charge in [0.1, 0.15) is 18.0 Å². The van der Waals surface area contributed by atoms with Crippen molar-refractivity contribution in [2.24, 2.45) is 0 Å². The van der Waals surface area contributed by atoms with Crippen molar-refractivity contribution < 1.29 is 37.0 Å². The summed E-state index contributed by atoms with van der Waals surface area (Å²) in [6.07, 6.45) is -6.77. The molecule has 1 atom stereocenters. The van der Waals surface area contributed by atoms with Crippen LogP contribution in [0.1, 0.15) is 18.1 Å². The molecule has 3 N–H and O–H groups in total. The lowest BCUT2D eigenvalue weighted by molar-refractivity contribution is -0.167. The van der Waals surface area contributed by atoms with Crippen LogP contribution >= 0.6 is 15.9 Å². The Labute approximate surface area is 177 Å². The maximum atomic E-state index is 15.1. The van der Waals surface area contributed by atoms with Gasteiger partial charge in [0.2, 0.25) is 0 Å². The lowest BCUT2D eigenvalue weighted by Gasteiger charge is -2.19. The lowest BCUT2D eigenvalue weighted by Crippen LogP contribution is -2.33. The van der Waals surface area contributed by atoms with Crippen LogP contribution in [0.25, 0.3) is 0 Å². The molecule has 0 saturated carbocycles. The van der Waals surface area contributed by atoms with Crippen molar-refractivity contribution in [3.05, 3.63) is 57.8 Å². The number of ether oxygens (including phenoxy) is 1. The summed E-state index contributed by atoms with van der Waals surface area (Å²) in [6, 6.07) is 9.08. The average molecular weight is 493 g/mol. The van der Waals surface area contributed by atoms with Gasteiger partial charge in [-0.15, -0.1) is 0 Å². The van der Waals surface area contributed by atoms with E-state index in [2.05, 4.69) is 21.2 Å². The number of rotatable bonds is 7. The number of nitrogens with one attached hydrogen (secondary N) is 2. The van der Waals surface area contributed by atoms with Crippen molar-refractivity contribution in [1.82, 2.24) is 5.32 Å². The van der Waals surface area contributed by atoms with Crippen molar-refractivity contribution in [3.8, 4) is 5.75 Å². The Morgan fingerprint density at radius 2 is 1.87 bits per heavy atom. The molecule has 2 rings (SSSR count). The monoisotopic (exact) mass is 492 g/mol. The van der Waals surface area contributed by atoms with Crippen LogP contribution in [0.5, 0.6) is 5.75 Å². The Morgan fingerprint density at radius 3 is 2.43 bits per heavy atom. The van der Waals surface area contributed by atoms with E-state index < -0.39 is 35.7 Å². The normalized spacial score (nSPS) is 12.2. The molecule has 6 nitrogen and oxygen atoms in total. The Hall–Kier alpha value is -2.82. The summed E-state index contributed by atoms with van der Waals surface area (Å²) >= 11 is 3.13. The number of amides is 2. The SMILES string of the molecule is CC(Cc1c(Br)cc(OCc2ccccc2)c(NC(=O)C(F)(F)F)c1F)NC(=O)O. The molecule has 0 aromatic heterocycles. The molecule has 11 heteroatoms. The van der Waals surface area contributed by atoms with E-state index in [4.69, 9.17) is 9.84 Å². The van der Waals surface area contributed by atoms with Gasteiger partial charge in [-0.3, -0.25) is 4.79 Å². The van der Waals surface area contributed by atoms with Crippen molar-refractivity contribution >= 4 is 33.6 Å². The fraction of sp³-hybridized carbons (Fsp3) is 0.263. The molecule has 162 valence electrons. The van der Waals surface area contributed by atoms with Crippen LogP contribution in [-0.4, -0.2) is 29.3 Å². The molecule has 0 spiro atoms. The fourth-order valence-corrected chi connectivity index (χ4v) is 3.09. The lowest BCUT2D eigenvalue weighted by atomic mass is 10.0. The van der Waals surface area contributed by atoms with E-state index in [0.29, 0.717) is 5.56 Å². The maximum Gasteiger partial charge on any atom is 0.471 e. The topological polar surface area (TPSA) is 87.7 Å². The van der Waals surface area contributed by atoms with Gasteiger partial charge in [-0.2, -0.15) is 13.2 Å². The largest absolute Gasteiger partial charge is 0.487 e. The number of alkyl halides is 3. The average Bonchev–Trinajstić information content (AvgIpc) is 2.65. The van der Waals surface area contributed by atoms with Crippen molar-refractivity contribution in [1.29, 1.82) is 0 Å². The van der Waals surface area contributed by atoms with Gasteiger partial charge in [0.15, 0.2) is 5.82 Å². The number of carbonyl (C=O) groups is 2. The predicted octanol–water partition coefficient (Wildman–Crippen LogP) is 4.87. The summed E-state index contributed by atoms with van der Waals surface area (Å²) in [4.78, 5) is 22.2. The van der Waals surface area contributed by atoms with Crippen molar-refractivity contribution in [2.45, 2.75) is 32.2 Å². The van der Waals surface area contributed by atoms with E-state index in [0.717, 1.165) is 0 Å². The van der Waals surface area contributed by atoms with Crippen LogP contribution in [0.3, 0.4) is 0 Å². The third kappa shape index (κ3) is 6.34. The van der Waals surface area contributed by atoms with Crippen LogP contribution < -0.4 is 15.4 Å². The number of halogens is 5. The second-order valence-electron chi connectivity index (χ2n) is 6.30. The van der Waals surface area contributed by atoms with E-state index in [1.54, 1.807) is 30.3 Å². The minimum Gasteiger partial charge on any atom is -0.487 e. The summed E-state index contributed by atoms with van der Waals surface area (Å²) in [5.74, 6) is -3.84. The highest BCUT2D eigenvalue weighted by atomic mass is 79.9. The molecule has 0 fully saturated rings. The first-order valence-electron chi connectivity index (χ1n) is 8.54. The van der Waals surface area contributed by atoms with E-state index in [1.165, 1.54) is 18.3 Å². The van der Waals surface area contributed by atoms with E-state index >= 15 is 4.39 Å². The van der Waals surface area contributed by atoms with Crippen LogP contribution in [0, 0.1) is 5.82 Å². The smallest absolute Gasteiger partial charge is 0.471 e. The molecular weight excluding hydrogens is 476 g/mol. The molecule has 0 bridgehead atoms. The first kappa shape index (κ1) is 23.5. The van der Waals surface area contributed by atoms with Crippen LogP contribution in [-0.2, 0) is 17.8 Å². The first-order valence-corrected chi connectivity index (χ1v) is 9.33. The Bertz CT molecular complexity index is 923. The summed E-state index contributed by atoms with van der Waals surface area (Å²) in [5, 5.41) is 12.4. The third-order valence-electron chi connectivity index (χ3n) is 3.89. The van der Waals surface area contributed by atoms with E-state index in [1.807, 2.05) is 0 Å². The summed E-state index contributed by atoms with van der Waals surface area (Å²) < 4.78 is 58.9. The number of hydrogen-bond acceptors (Lipinski definition) is 3. The summed E-state index contributed by atoms with van der Waals surface area (Å²) in [6.45, 7) is 1.37.